The van der Waals surface area contributed by atoms with Crippen molar-refractivity contribution in [2.75, 3.05) is 13.6 Å². The zero-order valence-electron chi connectivity index (χ0n) is 8.64. The van der Waals surface area contributed by atoms with Gasteiger partial charge in [-0.2, -0.15) is 0 Å². The predicted octanol–water partition coefficient (Wildman–Crippen LogP) is 2.10. The van der Waals surface area contributed by atoms with Crippen molar-refractivity contribution < 1.29 is 4.74 Å². The summed E-state index contributed by atoms with van der Waals surface area (Å²) < 4.78 is 5.72. The highest BCUT2D eigenvalue weighted by Gasteiger charge is 2.16. The maximum absolute atomic E-state index is 5.72. The van der Waals surface area contributed by atoms with E-state index in [4.69, 9.17) is 4.74 Å². The lowest BCUT2D eigenvalue weighted by Gasteiger charge is -2.30. The topological polar surface area (TPSA) is 12.5 Å². The van der Waals surface area contributed by atoms with Gasteiger partial charge in [-0.15, -0.1) is 0 Å². The van der Waals surface area contributed by atoms with Crippen molar-refractivity contribution in [1.29, 1.82) is 0 Å². The molecule has 11 heavy (non-hydrogen) atoms. The maximum Gasteiger partial charge on any atom is 0.108 e. The lowest BCUT2D eigenvalue weighted by Crippen LogP contribution is -2.37. The van der Waals surface area contributed by atoms with Crippen LogP contribution in [-0.4, -0.2) is 30.3 Å². The highest BCUT2D eigenvalue weighted by atomic mass is 16.5. The quantitative estimate of drug-likeness (QED) is 0.585. The van der Waals surface area contributed by atoms with Crippen LogP contribution in [0.25, 0.3) is 0 Å². The Morgan fingerprint density at radius 3 is 2.09 bits per heavy atom. The molecule has 0 radical (unpaired) electrons. The second kappa shape index (κ2) is 4.07. The molecule has 2 nitrogen and oxygen atoms in total. The highest BCUT2D eigenvalue weighted by molar-refractivity contribution is 4.62. The van der Waals surface area contributed by atoms with E-state index in [0.29, 0.717) is 0 Å². The van der Waals surface area contributed by atoms with E-state index in [1.807, 2.05) is 0 Å². The number of hydrogen-bond donors (Lipinski definition) is 0. The number of nitrogens with zero attached hydrogens (tertiary/aromatic N) is 1. The van der Waals surface area contributed by atoms with E-state index >= 15 is 0 Å². The summed E-state index contributed by atoms with van der Waals surface area (Å²) in [6, 6.07) is 0. The number of rotatable bonds is 3. The summed E-state index contributed by atoms with van der Waals surface area (Å²) in [5, 5.41) is 0. The number of ether oxygens (including phenoxy) is 1. The average molecular weight is 159 g/mol. The van der Waals surface area contributed by atoms with Crippen LogP contribution >= 0.6 is 0 Å². The van der Waals surface area contributed by atoms with Crippen molar-refractivity contribution in [2.45, 2.75) is 46.4 Å². The molecule has 2 heteroatoms. The summed E-state index contributed by atoms with van der Waals surface area (Å²) in [6.07, 6.45) is 0.208. The monoisotopic (exact) mass is 159 g/mol. The molecule has 0 N–H and O–H groups in total. The lowest BCUT2D eigenvalue weighted by molar-refractivity contribution is -0.114. The maximum atomic E-state index is 5.72. The summed E-state index contributed by atoms with van der Waals surface area (Å²) >= 11 is 0. The molecule has 0 rings (SSSR count). The normalized spacial score (nSPS) is 15.5. The molecular weight excluding hydrogens is 138 g/mol. The third-order valence-corrected chi connectivity index (χ3v) is 1.64. The van der Waals surface area contributed by atoms with Crippen LogP contribution in [0.15, 0.2) is 0 Å². The van der Waals surface area contributed by atoms with Crippen LogP contribution in [-0.2, 0) is 4.74 Å². The molecule has 0 aromatic carbocycles. The minimum Gasteiger partial charge on any atom is -0.358 e. The van der Waals surface area contributed by atoms with E-state index in [2.05, 4.69) is 46.6 Å². The van der Waals surface area contributed by atoms with Crippen LogP contribution in [0.2, 0.25) is 0 Å². The first-order chi connectivity index (χ1) is 4.87. The van der Waals surface area contributed by atoms with Crippen LogP contribution in [0, 0.1) is 0 Å². The molecule has 0 aliphatic carbocycles. The molecule has 0 aliphatic rings. The first kappa shape index (κ1) is 10.9. The molecule has 1 atom stereocenters. The molecule has 0 aromatic rings. The summed E-state index contributed by atoms with van der Waals surface area (Å²) in [7, 11) is 2.07. The predicted molar refractivity (Wildman–Crippen MR) is 48.6 cm³/mol. The average Bonchev–Trinajstić information content (AvgIpc) is 1.82. The van der Waals surface area contributed by atoms with E-state index in [1.54, 1.807) is 0 Å². The van der Waals surface area contributed by atoms with E-state index < -0.39 is 0 Å². The SMILES string of the molecule is CCN(C)[C@@H](C)OC(C)(C)C. The Hall–Kier alpha value is -0.0800. The van der Waals surface area contributed by atoms with E-state index in [9.17, 15) is 0 Å². The Labute approximate surface area is 70.5 Å². The molecule has 0 fully saturated rings. The Balaban J connectivity index is 3.77. The van der Waals surface area contributed by atoms with Gasteiger partial charge in [-0.3, -0.25) is 4.90 Å². The van der Waals surface area contributed by atoms with Gasteiger partial charge in [-0.1, -0.05) is 6.92 Å². The van der Waals surface area contributed by atoms with Gasteiger partial charge in [0.15, 0.2) is 0 Å². The Bertz CT molecular complexity index is 107. The van der Waals surface area contributed by atoms with Crippen LogP contribution in [0.4, 0.5) is 0 Å². The standard InChI is InChI=1S/C9H21NO/c1-7-10(6)8(2)11-9(3,4)5/h8H,7H2,1-6H3/t8-/m1/s1. The summed E-state index contributed by atoms with van der Waals surface area (Å²) in [6.45, 7) is 11.5. The lowest BCUT2D eigenvalue weighted by atomic mass is 10.2. The fraction of sp³-hybridized carbons (Fsp3) is 1.00. The Kier molecular flexibility index (Phi) is 4.04. The van der Waals surface area contributed by atoms with Gasteiger partial charge in [0.2, 0.25) is 0 Å². The Morgan fingerprint density at radius 2 is 1.82 bits per heavy atom. The van der Waals surface area contributed by atoms with Gasteiger partial charge in [0, 0.05) is 0 Å². The van der Waals surface area contributed by atoms with E-state index in [1.165, 1.54) is 0 Å². The van der Waals surface area contributed by atoms with Gasteiger partial charge < -0.3 is 4.74 Å². The third kappa shape index (κ3) is 5.22. The first-order valence-corrected chi connectivity index (χ1v) is 4.25. The zero-order valence-corrected chi connectivity index (χ0v) is 8.64. The molecule has 0 bridgehead atoms. The fourth-order valence-electron chi connectivity index (χ4n) is 0.859. The van der Waals surface area contributed by atoms with Crippen LogP contribution in [0.3, 0.4) is 0 Å². The van der Waals surface area contributed by atoms with Crippen molar-refractivity contribution >= 4 is 0 Å². The largest absolute Gasteiger partial charge is 0.358 e. The van der Waals surface area contributed by atoms with Crippen molar-refractivity contribution in [3.63, 3.8) is 0 Å². The smallest absolute Gasteiger partial charge is 0.108 e. The fourth-order valence-corrected chi connectivity index (χ4v) is 0.859. The molecule has 0 aliphatic heterocycles. The van der Waals surface area contributed by atoms with Crippen molar-refractivity contribution in [3.05, 3.63) is 0 Å². The second-order valence-corrected chi connectivity index (χ2v) is 3.90. The molecule has 68 valence electrons. The van der Waals surface area contributed by atoms with Gasteiger partial charge in [0.25, 0.3) is 0 Å². The zero-order chi connectivity index (χ0) is 9.07. The van der Waals surface area contributed by atoms with Gasteiger partial charge >= 0.3 is 0 Å². The summed E-state index contributed by atoms with van der Waals surface area (Å²) in [5.74, 6) is 0. The highest BCUT2D eigenvalue weighted by Crippen LogP contribution is 2.11. The second-order valence-electron chi connectivity index (χ2n) is 3.90. The van der Waals surface area contributed by atoms with Crippen molar-refractivity contribution in [2.24, 2.45) is 0 Å². The van der Waals surface area contributed by atoms with Gasteiger partial charge in [0.1, 0.15) is 6.23 Å². The molecule has 0 heterocycles. The number of hydrogen-bond acceptors (Lipinski definition) is 2. The van der Waals surface area contributed by atoms with Crippen LogP contribution in [0.5, 0.6) is 0 Å². The summed E-state index contributed by atoms with van der Waals surface area (Å²) in [5.41, 5.74) is -0.0388. The minimum absolute atomic E-state index is 0.0388. The van der Waals surface area contributed by atoms with Gasteiger partial charge in [-0.25, -0.2) is 0 Å². The van der Waals surface area contributed by atoms with Gasteiger partial charge in [0.05, 0.1) is 5.60 Å². The molecule has 0 amide bonds. The Morgan fingerprint density at radius 1 is 1.36 bits per heavy atom. The molecule has 0 aromatic heterocycles. The molecule has 0 saturated carbocycles. The van der Waals surface area contributed by atoms with Crippen LogP contribution in [0.1, 0.15) is 34.6 Å². The summed E-state index contributed by atoms with van der Waals surface area (Å²) in [4.78, 5) is 2.17. The third-order valence-electron chi connectivity index (χ3n) is 1.64. The molecule has 0 saturated heterocycles. The van der Waals surface area contributed by atoms with Crippen LogP contribution < -0.4 is 0 Å². The molecule has 0 spiro atoms. The van der Waals surface area contributed by atoms with E-state index in [-0.39, 0.29) is 11.8 Å². The van der Waals surface area contributed by atoms with E-state index in [0.717, 1.165) is 6.54 Å². The molecular formula is C9H21NO. The first-order valence-electron chi connectivity index (χ1n) is 4.25. The molecule has 0 unspecified atom stereocenters. The van der Waals surface area contributed by atoms with Gasteiger partial charge in [-0.05, 0) is 41.3 Å². The van der Waals surface area contributed by atoms with Crippen molar-refractivity contribution in [3.8, 4) is 0 Å². The minimum atomic E-state index is -0.0388. The van der Waals surface area contributed by atoms with Crippen molar-refractivity contribution in [1.82, 2.24) is 4.90 Å².